The molecule has 0 aliphatic heterocycles. The number of hydrogen-bond donors (Lipinski definition) is 2. The van der Waals surface area contributed by atoms with Crippen molar-refractivity contribution in [3.05, 3.63) is 24.0 Å². The molecule has 0 radical (unpaired) electrons. The van der Waals surface area contributed by atoms with Crippen LogP contribution in [0.4, 0.5) is 0 Å². The monoisotopic (exact) mass is 223 g/mol. The lowest BCUT2D eigenvalue weighted by Gasteiger charge is -2.15. The Labute approximate surface area is 97.2 Å². The topological polar surface area (TPSA) is 60.2 Å². The van der Waals surface area contributed by atoms with E-state index in [0.717, 1.165) is 37.2 Å². The average molecular weight is 223 g/mol. The predicted octanol–water partition coefficient (Wildman–Crippen LogP) is 2.17. The van der Waals surface area contributed by atoms with Crippen molar-refractivity contribution in [2.75, 3.05) is 6.61 Å². The van der Waals surface area contributed by atoms with Crippen LogP contribution < -0.4 is 16.0 Å². The lowest BCUT2D eigenvalue weighted by Crippen LogP contribution is -2.27. The van der Waals surface area contributed by atoms with Gasteiger partial charge in [-0.1, -0.05) is 20.3 Å². The number of ether oxygens (including phenoxy) is 1. The van der Waals surface area contributed by atoms with E-state index in [9.17, 15) is 0 Å². The second-order valence-corrected chi connectivity index (χ2v) is 3.81. The molecule has 4 heteroatoms. The second-order valence-electron chi connectivity index (χ2n) is 3.81. The highest BCUT2D eigenvalue weighted by atomic mass is 16.5. The Kier molecular flexibility index (Phi) is 5.82. The fourth-order valence-corrected chi connectivity index (χ4v) is 1.56. The highest BCUT2D eigenvalue weighted by Crippen LogP contribution is 2.20. The van der Waals surface area contributed by atoms with E-state index in [1.807, 2.05) is 12.3 Å². The largest absolute Gasteiger partial charge is 0.492 e. The summed E-state index contributed by atoms with van der Waals surface area (Å²) in [4.78, 5) is 4.17. The summed E-state index contributed by atoms with van der Waals surface area (Å²) in [6.07, 6.45) is 6.64. The third-order valence-corrected chi connectivity index (χ3v) is 2.39. The fraction of sp³-hybridized carbons (Fsp3) is 0.583. The molecule has 1 aromatic heterocycles. The molecular formula is C12H21N3O. The van der Waals surface area contributed by atoms with E-state index in [4.69, 9.17) is 10.6 Å². The lowest BCUT2D eigenvalue weighted by molar-refractivity contribution is 0.315. The molecule has 3 N–H and O–H groups in total. The maximum Gasteiger partial charge on any atom is 0.137 e. The van der Waals surface area contributed by atoms with Gasteiger partial charge in [-0.15, -0.1) is 0 Å². The minimum absolute atomic E-state index is 0.155. The SMILES string of the molecule is CCCOc1cncc(C(CCC)NN)c1. The summed E-state index contributed by atoms with van der Waals surface area (Å²) in [5.41, 5.74) is 3.89. The Morgan fingerprint density at radius 3 is 2.81 bits per heavy atom. The maximum atomic E-state index is 5.54. The van der Waals surface area contributed by atoms with Crippen LogP contribution in [0.2, 0.25) is 0 Å². The molecule has 0 aliphatic rings. The Balaban J connectivity index is 2.71. The molecule has 1 aromatic rings. The number of nitrogens with two attached hydrogens (primary N) is 1. The van der Waals surface area contributed by atoms with Crippen LogP contribution in [0.5, 0.6) is 5.75 Å². The Bertz CT molecular complexity index is 304. The van der Waals surface area contributed by atoms with Crippen molar-refractivity contribution in [1.29, 1.82) is 0 Å². The van der Waals surface area contributed by atoms with E-state index >= 15 is 0 Å². The highest BCUT2D eigenvalue weighted by Gasteiger charge is 2.09. The minimum atomic E-state index is 0.155. The molecular weight excluding hydrogens is 202 g/mol. The Morgan fingerprint density at radius 1 is 1.38 bits per heavy atom. The first-order chi connectivity index (χ1) is 7.81. The summed E-state index contributed by atoms with van der Waals surface area (Å²) in [5, 5.41) is 0. The summed E-state index contributed by atoms with van der Waals surface area (Å²) in [5.74, 6) is 6.34. The van der Waals surface area contributed by atoms with E-state index in [-0.39, 0.29) is 6.04 Å². The Hall–Kier alpha value is -1.13. The summed E-state index contributed by atoms with van der Waals surface area (Å²) in [6, 6.07) is 2.16. The van der Waals surface area contributed by atoms with Crippen molar-refractivity contribution >= 4 is 0 Å². The highest BCUT2D eigenvalue weighted by molar-refractivity contribution is 5.25. The molecule has 16 heavy (non-hydrogen) atoms. The zero-order chi connectivity index (χ0) is 11.8. The number of hydrazine groups is 1. The zero-order valence-corrected chi connectivity index (χ0v) is 10.1. The van der Waals surface area contributed by atoms with E-state index in [1.54, 1.807) is 6.20 Å². The van der Waals surface area contributed by atoms with Gasteiger partial charge in [-0.25, -0.2) is 0 Å². The normalized spacial score (nSPS) is 12.4. The number of nitrogens with one attached hydrogen (secondary N) is 1. The van der Waals surface area contributed by atoms with Gasteiger partial charge in [-0.05, 0) is 24.5 Å². The van der Waals surface area contributed by atoms with Crippen LogP contribution in [-0.2, 0) is 0 Å². The summed E-state index contributed by atoms with van der Waals surface area (Å²) >= 11 is 0. The van der Waals surface area contributed by atoms with Gasteiger partial charge in [0.2, 0.25) is 0 Å². The minimum Gasteiger partial charge on any atom is -0.492 e. The van der Waals surface area contributed by atoms with Crippen LogP contribution in [0.1, 0.15) is 44.7 Å². The third-order valence-electron chi connectivity index (χ3n) is 2.39. The van der Waals surface area contributed by atoms with Gasteiger partial charge < -0.3 is 4.74 Å². The van der Waals surface area contributed by atoms with Crippen molar-refractivity contribution in [3.63, 3.8) is 0 Å². The van der Waals surface area contributed by atoms with Gasteiger partial charge >= 0.3 is 0 Å². The fourth-order valence-electron chi connectivity index (χ4n) is 1.56. The van der Waals surface area contributed by atoms with Crippen molar-refractivity contribution in [2.24, 2.45) is 5.84 Å². The van der Waals surface area contributed by atoms with E-state index in [2.05, 4.69) is 24.3 Å². The molecule has 0 aromatic carbocycles. The van der Waals surface area contributed by atoms with Gasteiger partial charge in [0.1, 0.15) is 5.75 Å². The van der Waals surface area contributed by atoms with E-state index in [0.29, 0.717) is 0 Å². The Morgan fingerprint density at radius 2 is 2.19 bits per heavy atom. The molecule has 0 fully saturated rings. The zero-order valence-electron chi connectivity index (χ0n) is 10.1. The number of nitrogens with zero attached hydrogens (tertiary/aromatic N) is 1. The lowest BCUT2D eigenvalue weighted by atomic mass is 10.1. The van der Waals surface area contributed by atoms with Crippen LogP contribution in [0.25, 0.3) is 0 Å². The van der Waals surface area contributed by atoms with E-state index in [1.165, 1.54) is 0 Å². The first-order valence-corrected chi connectivity index (χ1v) is 5.85. The van der Waals surface area contributed by atoms with Crippen molar-refractivity contribution in [2.45, 2.75) is 39.2 Å². The molecule has 4 nitrogen and oxygen atoms in total. The number of rotatable bonds is 7. The molecule has 1 heterocycles. The maximum absolute atomic E-state index is 5.54. The summed E-state index contributed by atoms with van der Waals surface area (Å²) in [6.45, 7) is 4.94. The van der Waals surface area contributed by atoms with Crippen LogP contribution in [-0.4, -0.2) is 11.6 Å². The number of aromatic nitrogens is 1. The van der Waals surface area contributed by atoms with Crippen LogP contribution in [0.3, 0.4) is 0 Å². The number of pyridine rings is 1. The summed E-state index contributed by atoms with van der Waals surface area (Å²) in [7, 11) is 0. The second kappa shape index (κ2) is 7.19. The molecule has 1 atom stereocenters. The van der Waals surface area contributed by atoms with Gasteiger partial charge in [-0.3, -0.25) is 16.3 Å². The molecule has 0 amide bonds. The first-order valence-electron chi connectivity index (χ1n) is 5.85. The van der Waals surface area contributed by atoms with Crippen molar-refractivity contribution in [1.82, 2.24) is 10.4 Å². The van der Waals surface area contributed by atoms with Crippen LogP contribution >= 0.6 is 0 Å². The molecule has 0 spiro atoms. The van der Waals surface area contributed by atoms with Gasteiger partial charge in [0, 0.05) is 12.2 Å². The first kappa shape index (κ1) is 12.9. The molecule has 1 rings (SSSR count). The van der Waals surface area contributed by atoms with Crippen molar-refractivity contribution < 1.29 is 4.74 Å². The molecule has 0 saturated carbocycles. The van der Waals surface area contributed by atoms with Gasteiger partial charge in [-0.2, -0.15) is 0 Å². The van der Waals surface area contributed by atoms with Gasteiger partial charge in [0.05, 0.1) is 12.8 Å². The standard InChI is InChI=1S/C12H21N3O/c1-3-5-12(15-13)10-7-11(9-14-8-10)16-6-4-2/h7-9,12,15H,3-6,13H2,1-2H3. The third kappa shape index (κ3) is 3.79. The van der Waals surface area contributed by atoms with Gasteiger partial charge in [0.15, 0.2) is 0 Å². The molecule has 90 valence electrons. The molecule has 0 aliphatic carbocycles. The van der Waals surface area contributed by atoms with Crippen molar-refractivity contribution in [3.8, 4) is 5.75 Å². The van der Waals surface area contributed by atoms with Gasteiger partial charge in [0.25, 0.3) is 0 Å². The molecule has 0 bridgehead atoms. The molecule has 0 saturated heterocycles. The average Bonchev–Trinajstić information content (AvgIpc) is 2.33. The molecule has 1 unspecified atom stereocenters. The number of hydrogen-bond acceptors (Lipinski definition) is 4. The van der Waals surface area contributed by atoms with Crippen LogP contribution in [0, 0.1) is 0 Å². The quantitative estimate of drug-likeness (QED) is 0.549. The smallest absolute Gasteiger partial charge is 0.137 e. The van der Waals surface area contributed by atoms with Crippen LogP contribution in [0.15, 0.2) is 18.5 Å². The van der Waals surface area contributed by atoms with E-state index < -0.39 is 0 Å². The predicted molar refractivity (Wildman–Crippen MR) is 65.0 cm³/mol. The summed E-state index contributed by atoms with van der Waals surface area (Å²) < 4.78 is 5.54.